The average molecular weight is 254 g/mol. The molecule has 1 rings (SSSR count). The molecule has 0 aliphatic heterocycles. The molecule has 0 saturated carbocycles. The highest BCUT2D eigenvalue weighted by Crippen LogP contribution is 2.30. The maximum Gasteiger partial charge on any atom is 0.333 e. The zero-order valence-electron chi connectivity index (χ0n) is 11.9. The van der Waals surface area contributed by atoms with Gasteiger partial charge in [-0.25, -0.2) is 4.68 Å². The van der Waals surface area contributed by atoms with Crippen LogP contribution in [0.3, 0.4) is 0 Å². The first-order chi connectivity index (χ1) is 8.14. The summed E-state index contributed by atoms with van der Waals surface area (Å²) in [6, 6.07) is 0. The summed E-state index contributed by atoms with van der Waals surface area (Å²) < 4.78 is 1.53. The fourth-order valence-electron chi connectivity index (χ4n) is 1.62. The molecule has 0 saturated heterocycles. The van der Waals surface area contributed by atoms with Gasteiger partial charge in [-0.3, -0.25) is 10.1 Å². The number of aromatic nitrogens is 2. The van der Waals surface area contributed by atoms with Crippen LogP contribution in [0.4, 0.5) is 11.5 Å². The molecule has 1 atom stereocenters. The first kappa shape index (κ1) is 14.5. The van der Waals surface area contributed by atoms with Crippen molar-refractivity contribution in [3.8, 4) is 0 Å². The van der Waals surface area contributed by atoms with Crippen LogP contribution in [0.15, 0.2) is 0 Å². The fourth-order valence-corrected chi connectivity index (χ4v) is 1.62. The van der Waals surface area contributed by atoms with Gasteiger partial charge in [0.05, 0.1) is 4.92 Å². The second-order valence-corrected chi connectivity index (χ2v) is 5.81. The summed E-state index contributed by atoms with van der Waals surface area (Å²) in [6.45, 7) is 10.9. The van der Waals surface area contributed by atoms with Crippen molar-refractivity contribution in [3.05, 3.63) is 15.8 Å². The van der Waals surface area contributed by atoms with Gasteiger partial charge in [0, 0.05) is 13.6 Å². The summed E-state index contributed by atoms with van der Waals surface area (Å²) in [5.74, 6) is 0.876. The molecule has 1 N–H and O–H groups in total. The number of rotatable bonds is 4. The number of hydrogen-bond donors (Lipinski definition) is 1. The van der Waals surface area contributed by atoms with E-state index in [-0.39, 0.29) is 16.0 Å². The van der Waals surface area contributed by atoms with Crippen LogP contribution in [0.2, 0.25) is 0 Å². The Bertz CT molecular complexity index is 446. The van der Waals surface area contributed by atoms with E-state index in [0.717, 1.165) is 0 Å². The van der Waals surface area contributed by atoms with Gasteiger partial charge in [-0.05, 0) is 18.3 Å². The lowest BCUT2D eigenvalue weighted by atomic mass is 9.82. The smallest absolute Gasteiger partial charge is 0.333 e. The van der Waals surface area contributed by atoms with E-state index < -0.39 is 0 Å². The lowest BCUT2D eigenvalue weighted by molar-refractivity contribution is -0.384. The molecule has 0 fully saturated rings. The average Bonchev–Trinajstić information content (AvgIpc) is 2.48. The largest absolute Gasteiger partial charge is 0.364 e. The molecule has 18 heavy (non-hydrogen) atoms. The summed E-state index contributed by atoms with van der Waals surface area (Å²) in [6.07, 6.45) is 0. The minimum atomic E-state index is -0.383. The van der Waals surface area contributed by atoms with Crippen LogP contribution in [0.1, 0.15) is 33.4 Å². The van der Waals surface area contributed by atoms with E-state index in [4.69, 9.17) is 0 Å². The molecule has 1 aromatic rings. The van der Waals surface area contributed by atoms with E-state index in [9.17, 15) is 10.1 Å². The normalized spacial score (nSPS) is 13.4. The van der Waals surface area contributed by atoms with Crippen molar-refractivity contribution in [2.75, 3.05) is 11.9 Å². The topological polar surface area (TPSA) is 73.0 Å². The van der Waals surface area contributed by atoms with E-state index >= 15 is 0 Å². The molecule has 0 aromatic carbocycles. The minimum Gasteiger partial charge on any atom is -0.364 e. The molecule has 1 heterocycles. The van der Waals surface area contributed by atoms with Crippen LogP contribution in [-0.2, 0) is 7.05 Å². The first-order valence-corrected chi connectivity index (χ1v) is 6.06. The van der Waals surface area contributed by atoms with Crippen LogP contribution in [0.5, 0.6) is 0 Å². The highest BCUT2D eigenvalue weighted by atomic mass is 16.6. The van der Waals surface area contributed by atoms with Gasteiger partial charge in [-0.1, -0.05) is 27.7 Å². The Labute approximate surface area is 108 Å². The molecule has 6 heteroatoms. The number of nitrogens with one attached hydrogen (secondary N) is 1. The zero-order valence-corrected chi connectivity index (χ0v) is 11.9. The van der Waals surface area contributed by atoms with E-state index in [0.29, 0.717) is 24.0 Å². The molecule has 1 unspecified atom stereocenters. The summed E-state index contributed by atoms with van der Waals surface area (Å²) in [5, 5.41) is 18.2. The Balaban J connectivity index is 2.89. The van der Waals surface area contributed by atoms with Gasteiger partial charge in [-0.15, -0.1) is 0 Å². The SMILES string of the molecule is Cc1nn(C)c(NCC(C)C(C)(C)C)c1[N+](=O)[O-]. The summed E-state index contributed by atoms with van der Waals surface area (Å²) in [5.41, 5.74) is 0.669. The Hall–Kier alpha value is -1.59. The van der Waals surface area contributed by atoms with Crippen molar-refractivity contribution in [2.24, 2.45) is 18.4 Å². The van der Waals surface area contributed by atoms with Gasteiger partial charge < -0.3 is 5.32 Å². The molecule has 0 amide bonds. The van der Waals surface area contributed by atoms with Gasteiger partial charge in [0.15, 0.2) is 0 Å². The fraction of sp³-hybridized carbons (Fsp3) is 0.750. The Morgan fingerprint density at radius 2 is 2.06 bits per heavy atom. The number of nitro groups is 1. The standard InChI is InChI=1S/C12H22N4O2/c1-8(12(3,4)5)7-13-11-10(16(17)18)9(2)14-15(11)6/h8,13H,7H2,1-6H3. The van der Waals surface area contributed by atoms with Crippen molar-refractivity contribution in [1.29, 1.82) is 0 Å². The van der Waals surface area contributed by atoms with Gasteiger partial charge in [0.1, 0.15) is 5.69 Å². The lowest BCUT2D eigenvalue weighted by Crippen LogP contribution is -2.25. The predicted octanol–water partition coefficient (Wildman–Crippen LogP) is 2.73. The Morgan fingerprint density at radius 3 is 2.50 bits per heavy atom. The van der Waals surface area contributed by atoms with Crippen molar-refractivity contribution in [2.45, 2.75) is 34.6 Å². The van der Waals surface area contributed by atoms with Crippen LogP contribution in [0, 0.1) is 28.4 Å². The van der Waals surface area contributed by atoms with E-state index in [1.807, 2.05) is 0 Å². The summed E-state index contributed by atoms with van der Waals surface area (Å²) in [4.78, 5) is 10.6. The second-order valence-electron chi connectivity index (χ2n) is 5.81. The molecule has 0 bridgehead atoms. The van der Waals surface area contributed by atoms with Gasteiger partial charge in [-0.2, -0.15) is 5.10 Å². The third kappa shape index (κ3) is 3.00. The molecule has 1 aromatic heterocycles. The van der Waals surface area contributed by atoms with E-state index in [2.05, 4.69) is 38.1 Å². The van der Waals surface area contributed by atoms with Crippen LogP contribution in [-0.4, -0.2) is 21.2 Å². The van der Waals surface area contributed by atoms with Crippen molar-refractivity contribution in [1.82, 2.24) is 9.78 Å². The van der Waals surface area contributed by atoms with E-state index in [1.54, 1.807) is 14.0 Å². The maximum absolute atomic E-state index is 11.0. The third-order valence-electron chi connectivity index (χ3n) is 3.43. The van der Waals surface area contributed by atoms with E-state index in [1.165, 1.54) is 4.68 Å². The predicted molar refractivity (Wildman–Crippen MR) is 71.7 cm³/mol. The van der Waals surface area contributed by atoms with Crippen molar-refractivity contribution >= 4 is 11.5 Å². The van der Waals surface area contributed by atoms with Crippen LogP contribution < -0.4 is 5.32 Å². The molecular formula is C12H22N4O2. The van der Waals surface area contributed by atoms with Gasteiger partial charge in [0.25, 0.3) is 0 Å². The summed E-state index contributed by atoms with van der Waals surface area (Å²) in [7, 11) is 1.71. The summed E-state index contributed by atoms with van der Waals surface area (Å²) >= 11 is 0. The third-order valence-corrected chi connectivity index (χ3v) is 3.43. The Morgan fingerprint density at radius 1 is 1.50 bits per heavy atom. The zero-order chi connectivity index (χ0) is 14.1. The number of aryl methyl sites for hydroxylation is 2. The maximum atomic E-state index is 11.0. The van der Waals surface area contributed by atoms with Gasteiger partial charge >= 0.3 is 5.69 Å². The van der Waals surface area contributed by atoms with Crippen LogP contribution in [0.25, 0.3) is 0 Å². The number of hydrogen-bond acceptors (Lipinski definition) is 4. The van der Waals surface area contributed by atoms with Crippen molar-refractivity contribution < 1.29 is 4.92 Å². The minimum absolute atomic E-state index is 0.0682. The first-order valence-electron chi connectivity index (χ1n) is 6.06. The lowest BCUT2D eigenvalue weighted by Gasteiger charge is -2.27. The second kappa shape index (κ2) is 4.96. The van der Waals surface area contributed by atoms with Gasteiger partial charge in [0.2, 0.25) is 5.82 Å². The van der Waals surface area contributed by atoms with Crippen LogP contribution >= 0.6 is 0 Å². The van der Waals surface area contributed by atoms with Crippen molar-refractivity contribution in [3.63, 3.8) is 0 Å². The molecule has 0 radical (unpaired) electrons. The quantitative estimate of drug-likeness (QED) is 0.662. The molecule has 6 nitrogen and oxygen atoms in total. The Kier molecular flexibility index (Phi) is 3.98. The highest BCUT2D eigenvalue weighted by Gasteiger charge is 2.26. The molecule has 102 valence electrons. The number of anilines is 1. The molecule has 0 spiro atoms. The number of nitrogens with zero attached hydrogens (tertiary/aromatic N) is 3. The molecule has 0 aliphatic carbocycles. The monoisotopic (exact) mass is 254 g/mol. The molecular weight excluding hydrogens is 232 g/mol. The molecule has 0 aliphatic rings. The highest BCUT2D eigenvalue weighted by molar-refractivity contribution is 5.59.